The van der Waals surface area contributed by atoms with E-state index < -0.39 is 0 Å². The minimum Gasteiger partial charge on any atom is -0.486 e. The highest BCUT2D eigenvalue weighted by atomic mass is 16.6. The van der Waals surface area contributed by atoms with Gasteiger partial charge in [0.05, 0.1) is 17.3 Å². The van der Waals surface area contributed by atoms with Crippen LogP contribution < -0.4 is 19.7 Å². The number of fused-ring (bicyclic) bond motifs is 1. The highest BCUT2D eigenvalue weighted by molar-refractivity contribution is 6.00. The van der Waals surface area contributed by atoms with Gasteiger partial charge in [-0.1, -0.05) is 18.2 Å². The van der Waals surface area contributed by atoms with Crippen LogP contribution in [0.25, 0.3) is 5.69 Å². The lowest BCUT2D eigenvalue weighted by Gasteiger charge is -2.22. The summed E-state index contributed by atoms with van der Waals surface area (Å²) in [5.41, 5.74) is 3.92. The highest BCUT2D eigenvalue weighted by Gasteiger charge is 2.35. The second-order valence-corrected chi connectivity index (χ2v) is 8.65. The number of benzene rings is 2. The highest BCUT2D eigenvalue weighted by Crippen LogP contribution is 2.36. The molecule has 1 aromatic heterocycles. The Morgan fingerprint density at radius 2 is 1.88 bits per heavy atom. The number of rotatable bonds is 7. The van der Waals surface area contributed by atoms with Crippen molar-refractivity contribution in [2.45, 2.75) is 26.2 Å². The van der Waals surface area contributed by atoms with E-state index in [1.807, 2.05) is 66.3 Å². The Kier molecular flexibility index (Phi) is 6.20. The zero-order valence-electron chi connectivity index (χ0n) is 19.2. The summed E-state index contributed by atoms with van der Waals surface area (Å²) in [6.45, 7) is 3.94. The molecule has 0 saturated carbocycles. The summed E-state index contributed by atoms with van der Waals surface area (Å²) in [6.07, 6.45) is 3.89. The van der Waals surface area contributed by atoms with E-state index in [0.717, 1.165) is 29.9 Å². The van der Waals surface area contributed by atoms with Crippen LogP contribution in [0, 0.1) is 12.8 Å². The number of aromatic nitrogens is 2. The van der Waals surface area contributed by atoms with E-state index in [1.54, 1.807) is 4.90 Å². The molecule has 34 heavy (non-hydrogen) atoms. The first-order valence-electron chi connectivity index (χ1n) is 11.7. The predicted octanol–water partition coefficient (Wildman–Crippen LogP) is 3.05. The van der Waals surface area contributed by atoms with Gasteiger partial charge in [-0.3, -0.25) is 9.59 Å². The Morgan fingerprint density at radius 3 is 2.71 bits per heavy atom. The van der Waals surface area contributed by atoms with Crippen LogP contribution in [0.15, 0.2) is 54.7 Å². The molecule has 2 amide bonds. The molecule has 3 heterocycles. The number of amides is 2. The van der Waals surface area contributed by atoms with Gasteiger partial charge in [-0.2, -0.15) is 5.10 Å². The van der Waals surface area contributed by atoms with Gasteiger partial charge in [0.25, 0.3) is 0 Å². The lowest BCUT2D eigenvalue weighted by atomic mass is 10.1. The minimum absolute atomic E-state index is 0.0548. The quantitative estimate of drug-likeness (QED) is 0.548. The lowest BCUT2D eigenvalue weighted by Crippen LogP contribution is -2.33. The molecule has 8 heteroatoms. The molecule has 0 aliphatic carbocycles. The standard InChI is InChI=1S/C26H28N4O4/c1-18-19(17-30(28-18)21-7-3-2-4-8-21)6-5-11-27-26(32)20-14-25(31)29(16-20)22-9-10-23-24(15-22)34-13-12-33-23/h2-4,7-10,15,17,20H,5-6,11-14,16H2,1H3,(H,27,32). The van der Waals surface area contributed by atoms with Crippen LogP contribution in [0.3, 0.4) is 0 Å². The van der Waals surface area contributed by atoms with Crippen LogP contribution >= 0.6 is 0 Å². The van der Waals surface area contributed by atoms with Crippen LogP contribution in [-0.4, -0.2) is 47.9 Å². The maximum absolute atomic E-state index is 12.7. The monoisotopic (exact) mass is 460 g/mol. The number of hydrogen-bond donors (Lipinski definition) is 1. The first-order valence-corrected chi connectivity index (χ1v) is 11.7. The van der Waals surface area contributed by atoms with Crippen molar-refractivity contribution >= 4 is 17.5 Å². The van der Waals surface area contributed by atoms with Crippen molar-refractivity contribution in [3.8, 4) is 17.2 Å². The molecule has 2 aliphatic rings. The Balaban J connectivity index is 1.12. The summed E-state index contributed by atoms with van der Waals surface area (Å²) in [7, 11) is 0. The summed E-state index contributed by atoms with van der Waals surface area (Å²) < 4.78 is 13.1. The molecule has 1 unspecified atom stereocenters. The van der Waals surface area contributed by atoms with E-state index in [2.05, 4.69) is 10.4 Å². The van der Waals surface area contributed by atoms with E-state index >= 15 is 0 Å². The molecule has 176 valence electrons. The van der Waals surface area contributed by atoms with Gasteiger partial charge in [0.2, 0.25) is 11.8 Å². The number of anilines is 1. The average Bonchev–Trinajstić information content (AvgIpc) is 3.44. The largest absolute Gasteiger partial charge is 0.486 e. The van der Waals surface area contributed by atoms with Gasteiger partial charge >= 0.3 is 0 Å². The second kappa shape index (κ2) is 9.59. The number of para-hydroxylation sites is 1. The normalized spacial score (nSPS) is 17.1. The van der Waals surface area contributed by atoms with Crippen LogP contribution in [-0.2, 0) is 16.0 Å². The fourth-order valence-corrected chi connectivity index (χ4v) is 4.42. The summed E-state index contributed by atoms with van der Waals surface area (Å²) in [6, 6.07) is 15.5. The van der Waals surface area contributed by atoms with Gasteiger partial charge in [0, 0.05) is 37.5 Å². The number of carbonyl (C=O) groups excluding carboxylic acids is 2. The molecule has 5 rings (SSSR count). The molecule has 0 spiro atoms. The third-order valence-electron chi connectivity index (χ3n) is 6.28. The van der Waals surface area contributed by atoms with Gasteiger partial charge in [-0.25, -0.2) is 4.68 Å². The smallest absolute Gasteiger partial charge is 0.227 e. The molecular weight excluding hydrogens is 432 g/mol. The maximum atomic E-state index is 12.7. The van der Waals surface area contributed by atoms with Crippen LogP contribution in [0.2, 0.25) is 0 Å². The topological polar surface area (TPSA) is 85.7 Å². The number of hydrogen-bond acceptors (Lipinski definition) is 5. The van der Waals surface area contributed by atoms with E-state index in [9.17, 15) is 9.59 Å². The molecule has 1 saturated heterocycles. The van der Waals surface area contributed by atoms with Crippen LogP contribution in [0.5, 0.6) is 11.5 Å². The SMILES string of the molecule is Cc1nn(-c2ccccc2)cc1CCCNC(=O)C1CC(=O)N(c2ccc3c(c2)OCCO3)C1. The van der Waals surface area contributed by atoms with Gasteiger partial charge in [0.15, 0.2) is 11.5 Å². The summed E-state index contributed by atoms with van der Waals surface area (Å²) in [4.78, 5) is 27.0. The molecular formula is C26H28N4O4. The lowest BCUT2D eigenvalue weighted by molar-refractivity contribution is -0.126. The third-order valence-corrected chi connectivity index (χ3v) is 6.28. The Morgan fingerprint density at radius 1 is 1.09 bits per heavy atom. The van der Waals surface area contributed by atoms with Gasteiger partial charge in [-0.15, -0.1) is 0 Å². The molecule has 0 radical (unpaired) electrons. The third kappa shape index (κ3) is 4.62. The van der Waals surface area contributed by atoms with Crippen molar-refractivity contribution in [3.63, 3.8) is 0 Å². The zero-order chi connectivity index (χ0) is 23.5. The number of aryl methyl sites for hydroxylation is 2. The van der Waals surface area contributed by atoms with Crippen molar-refractivity contribution in [2.24, 2.45) is 5.92 Å². The Bertz CT molecular complexity index is 1190. The molecule has 0 bridgehead atoms. The number of ether oxygens (including phenoxy) is 2. The molecule has 1 atom stereocenters. The second-order valence-electron chi connectivity index (χ2n) is 8.65. The van der Waals surface area contributed by atoms with Crippen LogP contribution in [0.4, 0.5) is 5.69 Å². The van der Waals surface area contributed by atoms with Crippen LogP contribution in [0.1, 0.15) is 24.1 Å². The first kappa shape index (κ1) is 22.0. The fraction of sp³-hybridized carbons (Fsp3) is 0.346. The van der Waals surface area contributed by atoms with Crippen molar-refractivity contribution in [2.75, 3.05) is 31.2 Å². The van der Waals surface area contributed by atoms with E-state index in [4.69, 9.17) is 9.47 Å². The van der Waals surface area contributed by atoms with E-state index in [0.29, 0.717) is 37.8 Å². The molecule has 2 aliphatic heterocycles. The van der Waals surface area contributed by atoms with Gasteiger partial charge < -0.3 is 19.7 Å². The average molecular weight is 461 g/mol. The molecule has 1 fully saturated rings. The number of nitrogens with zero attached hydrogens (tertiary/aromatic N) is 3. The van der Waals surface area contributed by atoms with Crippen molar-refractivity contribution < 1.29 is 19.1 Å². The molecule has 2 aromatic carbocycles. The maximum Gasteiger partial charge on any atom is 0.227 e. The summed E-state index contributed by atoms with van der Waals surface area (Å²) in [5.74, 6) is 0.824. The van der Waals surface area contributed by atoms with E-state index in [-0.39, 0.29) is 24.2 Å². The number of nitrogens with one attached hydrogen (secondary N) is 1. The first-order chi connectivity index (χ1) is 16.6. The van der Waals surface area contributed by atoms with Gasteiger partial charge in [0.1, 0.15) is 13.2 Å². The summed E-state index contributed by atoms with van der Waals surface area (Å²) >= 11 is 0. The zero-order valence-corrected chi connectivity index (χ0v) is 19.2. The molecule has 3 aromatic rings. The van der Waals surface area contributed by atoms with Crippen molar-refractivity contribution in [1.29, 1.82) is 0 Å². The minimum atomic E-state index is -0.358. The fourth-order valence-electron chi connectivity index (χ4n) is 4.42. The molecule has 8 nitrogen and oxygen atoms in total. The van der Waals surface area contributed by atoms with Crippen molar-refractivity contribution in [3.05, 3.63) is 66.0 Å². The number of carbonyl (C=O) groups is 2. The molecule has 1 N–H and O–H groups in total. The van der Waals surface area contributed by atoms with E-state index in [1.165, 1.54) is 5.56 Å². The Hall–Kier alpha value is -3.81. The van der Waals surface area contributed by atoms with Crippen molar-refractivity contribution in [1.82, 2.24) is 15.1 Å². The Labute approximate surface area is 198 Å². The predicted molar refractivity (Wildman–Crippen MR) is 128 cm³/mol. The van der Waals surface area contributed by atoms with Gasteiger partial charge in [-0.05, 0) is 49.6 Å². The summed E-state index contributed by atoms with van der Waals surface area (Å²) in [5, 5.41) is 7.61.